The Bertz CT molecular complexity index is 1280. The lowest BCUT2D eigenvalue weighted by Crippen LogP contribution is -2.70. The number of carbonyl (C=O) groups is 3. The van der Waals surface area contributed by atoms with Gasteiger partial charge in [0.1, 0.15) is 17.1 Å². The Morgan fingerprint density at radius 1 is 1.27 bits per heavy atom. The molecule has 2 amide bonds. The minimum atomic E-state index is -1.24. The number of hydrogen-bond acceptors (Lipinski definition) is 9. The van der Waals surface area contributed by atoms with E-state index in [9.17, 15) is 29.1 Å². The standard InChI is InChI=1S/C19H19N5O6S3/c1-22-15(27)16(28)23(2)21-19(22)33-8-9-7-32-17-12(14(26)24(17)13(9)18(29)30)20-11(25)6-10-4-3-5-31-10/h3-5,12,17H,6-8H2,1-2H3,(H,20,25)(H,29,30)/t12-,17+/m1/s1. The number of nitrogens with one attached hydrogen (secondary N) is 1. The molecule has 0 spiro atoms. The van der Waals surface area contributed by atoms with Crippen LogP contribution >= 0.6 is 34.9 Å². The topological polar surface area (TPSA) is 144 Å². The van der Waals surface area contributed by atoms with E-state index in [-0.39, 0.29) is 28.9 Å². The number of aryl methyl sites for hydroxylation is 1. The van der Waals surface area contributed by atoms with Crippen LogP contribution in [0.4, 0.5) is 0 Å². The Morgan fingerprint density at radius 2 is 2.03 bits per heavy atom. The predicted molar refractivity (Wildman–Crippen MR) is 123 cm³/mol. The number of carboxylic acids is 1. The summed E-state index contributed by atoms with van der Waals surface area (Å²) in [6.45, 7) is 0. The lowest BCUT2D eigenvalue weighted by Gasteiger charge is -2.49. The highest BCUT2D eigenvalue weighted by atomic mass is 32.2. The van der Waals surface area contributed by atoms with E-state index < -0.39 is 34.4 Å². The minimum absolute atomic E-state index is 0.116. The number of rotatable bonds is 7. The number of carboxylic acid groups (broad SMARTS) is 1. The summed E-state index contributed by atoms with van der Waals surface area (Å²) < 4.78 is 2.05. The maximum Gasteiger partial charge on any atom is 0.352 e. The molecule has 2 aliphatic rings. The van der Waals surface area contributed by atoms with Gasteiger partial charge in [-0.1, -0.05) is 17.8 Å². The summed E-state index contributed by atoms with van der Waals surface area (Å²) in [7, 11) is 2.78. The van der Waals surface area contributed by atoms with Gasteiger partial charge in [0.25, 0.3) is 5.91 Å². The second kappa shape index (κ2) is 9.19. The Hall–Kier alpha value is -2.84. The van der Waals surface area contributed by atoms with Crippen LogP contribution in [-0.4, -0.2) is 65.1 Å². The summed E-state index contributed by atoms with van der Waals surface area (Å²) in [6, 6.07) is 2.89. The molecule has 0 aliphatic carbocycles. The third kappa shape index (κ3) is 4.37. The van der Waals surface area contributed by atoms with Crippen LogP contribution in [0.25, 0.3) is 0 Å². The van der Waals surface area contributed by atoms with Gasteiger partial charge < -0.3 is 10.4 Å². The number of carbonyl (C=O) groups excluding carboxylic acids is 2. The fourth-order valence-corrected chi connectivity index (χ4v) is 6.65. The van der Waals surface area contributed by atoms with E-state index in [2.05, 4.69) is 10.4 Å². The van der Waals surface area contributed by atoms with Crippen LogP contribution in [0.1, 0.15) is 4.88 Å². The van der Waals surface area contributed by atoms with Gasteiger partial charge in [-0.15, -0.1) is 28.2 Å². The first-order valence-electron chi connectivity index (χ1n) is 9.68. The Labute approximate surface area is 199 Å². The Morgan fingerprint density at radius 3 is 2.70 bits per heavy atom. The van der Waals surface area contributed by atoms with Crippen LogP contribution in [-0.2, 0) is 34.9 Å². The Kier molecular flexibility index (Phi) is 6.50. The van der Waals surface area contributed by atoms with Gasteiger partial charge in [0.15, 0.2) is 5.16 Å². The summed E-state index contributed by atoms with van der Waals surface area (Å²) in [6.07, 6.45) is 0.160. The normalized spacial score (nSPS) is 19.8. The van der Waals surface area contributed by atoms with E-state index in [1.807, 2.05) is 17.5 Å². The summed E-state index contributed by atoms with van der Waals surface area (Å²) in [5.41, 5.74) is -1.12. The van der Waals surface area contributed by atoms with Crippen molar-refractivity contribution in [2.75, 3.05) is 11.5 Å². The molecule has 0 bridgehead atoms. The van der Waals surface area contributed by atoms with Crippen molar-refractivity contribution in [2.45, 2.75) is 23.0 Å². The maximum absolute atomic E-state index is 12.7. The zero-order chi connectivity index (χ0) is 23.9. The molecule has 2 atom stereocenters. The highest BCUT2D eigenvalue weighted by molar-refractivity contribution is 8.01. The first kappa shape index (κ1) is 23.3. The molecular weight excluding hydrogens is 490 g/mol. The summed E-state index contributed by atoms with van der Waals surface area (Å²) in [4.78, 5) is 62.8. The third-order valence-corrected chi connectivity index (χ3v) is 8.48. The molecule has 2 aromatic rings. The van der Waals surface area contributed by atoms with Crippen molar-refractivity contribution in [1.29, 1.82) is 0 Å². The number of amides is 2. The van der Waals surface area contributed by atoms with Gasteiger partial charge in [0, 0.05) is 30.5 Å². The van der Waals surface area contributed by atoms with Crippen LogP contribution in [0.5, 0.6) is 0 Å². The molecule has 0 aromatic carbocycles. The van der Waals surface area contributed by atoms with Gasteiger partial charge in [-0.05, 0) is 17.0 Å². The van der Waals surface area contributed by atoms with E-state index >= 15 is 0 Å². The van der Waals surface area contributed by atoms with Crippen molar-refractivity contribution >= 4 is 52.6 Å². The van der Waals surface area contributed by atoms with Crippen LogP contribution < -0.4 is 16.4 Å². The van der Waals surface area contributed by atoms with Crippen LogP contribution in [0.3, 0.4) is 0 Å². The molecule has 0 radical (unpaired) electrons. The average Bonchev–Trinajstić information content (AvgIpc) is 3.29. The molecule has 2 aliphatic heterocycles. The molecule has 4 heterocycles. The van der Waals surface area contributed by atoms with Crippen molar-refractivity contribution in [3.8, 4) is 0 Å². The molecule has 2 aromatic heterocycles. The number of β-lactam (4-membered cyclic amide) rings is 1. The number of nitrogens with zero attached hydrogens (tertiary/aromatic N) is 4. The summed E-state index contributed by atoms with van der Waals surface area (Å²) in [5, 5.41) is 18.2. The fraction of sp³-hybridized carbons (Fsp3) is 0.368. The first-order chi connectivity index (χ1) is 15.7. The maximum atomic E-state index is 12.7. The number of thiophene rings is 1. The summed E-state index contributed by atoms with van der Waals surface area (Å²) >= 11 is 3.92. The largest absolute Gasteiger partial charge is 0.477 e. The molecule has 174 valence electrons. The number of aromatic nitrogens is 3. The van der Waals surface area contributed by atoms with Gasteiger partial charge in [0.2, 0.25) is 5.91 Å². The van der Waals surface area contributed by atoms with Gasteiger partial charge >= 0.3 is 17.1 Å². The second-order valence-electron chi connectivity index (χ2n) is 7.33. The molecule has 0 unspecified atom stereocenters. The van der Waals surface area contributed by atoms with Crippen molar-refractivity contribution in [3.05, 3.63) is 54.4 Å². The van der Waals surface area contributed by atoms with E-state index in [0.29, 0.717) is 11.3 Å². The quantitative estimate of drug-likeness (QED) is 0.290. The molecule has 11 nitrogen and oxygen atoms in total. The minimum Gasteiger partial charge on any atom is -0.477 e. The van der Waals surface area contributed by atoms with Crippen LogP contribution in [0.15, 0.2) is 43.5 Å². The molecule has 2 N–H and O–H groups in total. The summed E-state index contributed by atoms with van der Waals surface area (Å²) in [5.74, 6) is -1.51. The fourth-order valence-electron chi connectivity index (χ4n) is 3.48. The van der Waals surface area contributed by atoms with Crippen molar-refractivity contribution in [3.63, 3.8) is 0 Å². The van der Waals surface area contributed by atoms with Crippen molar-refractivity contribution in [2.24, 2.45) is 14.1 Å². The van der Waals surface area contributed by atoms with Gasteiger partial charge in [0.05, 0.1) is 6.42 Å². The van der Waals surface area contributed by atoms with E-state index in [0.717, 1.165) is 25.9 Å². The number of hydrogen-bond donors (Lipinski definition) is 2. The Balaban J connectivity index is 1.49. The lowest BCUT2D eigenvalue weighted by molar-refractivity contribution is -0.150. The van der Waals surface area contributed by atoms with Crippen LogP contribution in [0.2, 0.25) is 0 Å². The average molecular weight is 510 g/mol. The van der Waals surface area contributed by atoms with Crippen molar-refractivity contribution in [1.82, 2.24) is 24.6 Å². The number of thioether (sulfide) groups is 2. The van der Waals surface area contributed by atoms with E-state index in [1.54, 1.807) is 0 Å². The van der Waals surface area contributed by atoms with Gasteiger partial charge in [-0.3, -0.25) is 28.6 Å². The lowest BCUT2D eigenvalue weighted by atomic mass is 10.0. The zero-order valence-corrected chi connectivity index (χ0v) is 20.0. The molecule has 1 saturated heterocycles. The van der Waals surface area contributed by atoms with E-state index in [4.69, 9.17) is 0 Å². The van der Waals surface area contributed by atoms with Gasteiger partial charge in [-0.25, -0.2) is 9.48 Å². The van der Waals surface area contributed by atoms with Gasteiger partial charge in [-0.2, -0.15) is 0 Å². The predicted octanol–water partition coefficient (Wildman–Crippen LogP) is -0.386. The number of aliphatic carboxylic acids is 1. The highest BCUT2D eigenvalue weighted by Crippen LogP contribution is 2.41. The zero-order valence-electron chi connectivity index (χ0n) is 17.5. The third-order valence-electron chi connectivity index (χ3n) is 5.16. The second-order valence-corrected chi connectivity index (χ2v) is 10.4. The monoisotopic (exact) mass is 509 g/mol. The molecule has 4 rings (SSSR count). The van der Waals surface area contributed by atoms with Crippen molar-refractivity contribution < 1.29 is 19.5 Å². The molecule has 33 heavy (non-hydrogen) atoms. The SMILES string of the molecule is Cn1nc(SCC2=C(C(=O)O)N3C(=O)[C@@H](NC(=O)Cc4cccs4)[C@@H]3SC2)n(C)c(=O)c1=O. The smallest absolute Gasteiger partial charge is 0.352 e. The first-order valence-corrected chi connectivity index (χ1v) is 12.6. The molecule has 0 saturated carbocycles. The van der Waals surface area contributed by atoms with Crippen LogP contribution in [0, 0.1) is 0 Å². The highest BCUT2D eigenvalue weighted by Gasteiger charge is 2.54. The molecule has 14 heteroatoms. The van der Waals surface area contributed by atoms with E-state index in [1.165, 1.54) is 42.1 Å². The number of fused-ring (bicyclic) bond motifs is 1. The molecule has 1 fully saturated rings. The molecular formula is C19H19N5O6S3.